The van der Waals surface area contributed by atoms with Crippen LogP contribution in [0.25, 0.3) is 11.0 Å². The molecule has 5 heterocycles. The Morgan fingerprint density at radius 3 is 2.22 bits per heavy atom. The Bertz CT molecular complexity index is 2070. The molecule has 1 N–H and O–H groups in total. The molecule has 0 radical (unpaired) electrons. The first kappa shape index (κ1) is 46.0. The minimum Gasteiger partial charge on any atom is -0.474 e. The lowest BCUT2D eigenvalue weighted by Crippen LogP contribution is -2.62. The second-order valence-electron chi connectivity index (χ2n) is 16.3. The van der Waals surface area contributed by atoms with Gasteiger partial charge in [-0.2, -0.15) is 0 Å². The van der Waals surface area contributed by atoms with Gasteiger partial charge in [-0.15, -0.1) is 0 Å². The van der Waals surface area contributed by atoms with E-state index in [1.54, 1.807) is 6.07 Å². The lowest BCUT2D eigenvalue weighted by Gasteiger charge is -2.47. The highest BCUT2D eigenvalue weighted by molar-refractivity contribution is 8.44. The summed E-state index contributed by atoms with van der Waals surface area (Å²) in [6, 6.07) is 1.60. The largest absolute Gasteiger partial charge is 0.474 e. The van der Waals surface area contributed by atoms with Crippen LogP contribution in [0, 0.1) is 11.7 Å². The number of hydrogen-bond acceptors (Lipinski definition) is 15. The fourth-order valence-electron chi connectivity index (χ4n) is 7.97. The van der Waals surface area contributed by atoms with Crippen molar-refractivity contribution in [1.82, 2.24) is 24.1 Å². The summed E-state index contributed by atoms with van der Waals surface area (Å²) in [5.41, 5.74) is -1.76. The predicted octanol–water partition coefficient (Wildman–Crippen LogP) is 7.23. The molecule has 3 aromatic heterocycles. The van der Waals surface area contributed by atoms with Gasteiger partial charge in [0.2, 0.25) is 5.88 Å². The Balaban J connectivity index is 1.44. The summed E-state index contributed by atoms with van der Waals surface area (Å²) in [6.07, 6.45) is -0.790. The third-order valence-electron chi connectivity index (χ3n) is 11.1. The molecule has 0 spiro atoms. The van der Waals surface area contributed by atoms with Crippen LogP contribution in [0.3, 0.4) is 0 Å². The minimum absolute atomic E-state index is 0.0869. The van der Waals surface area contributed by atoms with Crippen molar-refractivity contribution in [2.75, 3.05) is 13.2 Å². The van der Waals surface area contributed by atoms with E-state index >= 15 is 4.39 Å². The van der Waals surface area contributed by atoms with Gasteiger partial charge < -0.3 is 36.5 Å². The summed E-state index contributed by atoms with van der Waals surface area (Å²) >= 11 is 8.78. The van der Waals surface area contributed by atoms with Crippen LogP contribution in [0.2, 0.25) is 22.2 Å². The summed E-state index contributed by atoms with van der Waals surface area (Å²) in [5.74, 6) is -1.10. The molecule has 17 nitrogen and oxygen atoms in total. The Morgan fingerprint density at radius 2 is 1.60 bits per heavy atom. The van der Waals surface area contributed by atoms with E-state index in [0.717, 1.165) is 10.8 Å². The van der Waals surface area contributed by atoms with E-state index in [-0.39, 0.29) is 46.2 Å². The van der Waals surface area contributed by atoms with Gasteiger partial charge in [0.25, 0.3) is 5.56 Å². The number of rotatable bonds is 11. The van der Waals surface area contributed by atoms with Gasteiger partial charge in [-0.05, 0) is 28.6 Å². The fraction of sp³-hybridized carbons (Fsp3) is 0.706. The van der Waals surface area contributed by atoms with Crippen molar-refractivity contribution in [3.05, 3.63) is 47.3 Å². The number of aryl methyl sites for hydroxylation is 1. The van der Waals surface area contributed by atoms with Crippen LogP contribution in [-0.4, -0.2) is 89.7 Å². The second kappa shape index (κ2) is 17.7. The SMILES string of the molecule is CC(C)[Si](O)(O[Si](O[C@H]1[C@H]2O[P@@](=O)(S)OC[C@H]3C[C@@H](Oc4ccncn4)C[C@@H]3O[P@@](=O)(S)OC[C@H]1O[C@H]2n1cc(F)c2c(=O)n(C)cnc21)(C(C)C)C(C)C)C(C)C. The molecule has 3 aromatic rings. The lowest BCUT2D eigenvalue weighted by molar-refractivity contribution is -0.0489. The fourth-order valence-corrected chi connectivity index (χ4v) is 21.0. The third-order valence-corrected chi connectivity index (χ3v) is 24.1. The summed E-state index contributed by atoms with van der Waals surface area (Å²) in [4.78, 5) is 37.7. The maximum Gasteiger partial charge on any atom is 0.386 e. The summed E-state index contributed by atoms with van der Waals surface area (Å²) < 4.78 is 97.9. The van der Waals surface area contributed by atoms with Crippen molar-refractivity contribution < 1.29 is 54.4 Å². The first-order valence-electron chi connectivity index (χ1n) is 19.3. The number of halogens is 1. The highest BCUT2D eigenvalue weighted by Gasteiger charge is 2.60. The van der Waals surface area contributed by atoms with Gasteiger partial charge in [0, 0.05) is 37.8 Å². The zero-order valence-corrected chi connectivity index (χ0v) is 39.5. The maximum absolute atomic E-state index is 15.7. The summed E-state index contributed by atoms with van der Waals surface area (Å²) in [7, 11) is -5.71. The van der Waals surface area contributed by atoms with E-state index in [4.69, 9.17) is 36.1 Å². The van der Waals surface area contributed by atoms with Crippen LogP contribution in [0.5, 0.6) is 5.88 Å². The highest BCUT2D eigenvalue weighted by Crippen LogP contribution is 2.61. The molecule has 3 aliphatic rings. The van der Waals surface area contributed by atoms with Crippen LogP contribution in [-0.2, 0) is 47.6 Å². The van der Waals surface area contributed by atoms with Gasteiger partial charge in [0.15, 0.2) is 17.7 Å². The number of fused-ring (bicyclic) bond motifs is 4. The van der Waals surface area contributed by atoms with Crippen molar-refractivity contribution in [1.29, 1.82) is 0 Å². The number of thiol groups is 2. The lowest BCUT2D eigenvalue weighted by atomic mass is 10.1. The van der Waals surface area contributed by atoms with Gasteiger partial charge in [0.1, 0.15) is 36.1 Å². The molecule has 6 rings (SSSR count). The van der Waals surface area contributed by atoms with Crippen molar-refractivity contribution in [3.8, 4) is 5.88 Å². The first-order valence-corrected chi connectivity index (χ1v) is 28.7. The molecular weight excluding hydrogens is 872 g/mol. The van der Waals surface area contributed by atoms with Crippen LogP contribution in [0.1, 0.15) is 74.5 Å². The highest BCUT2D eigenvalue weighted by atomic mass is 32.7. The third kappa shape index (κ3) is 9.45. The minimum atomic E-state index is -4.39. The maximum atomic E-state index is 15.7. The van der Waals surface area contributed by atoms with E-state index in [1.807, 2.05) is 55.4 Å². The Morgan fingerprint density at radius 1 is 0.948 bits per heavy atom. The zero-order valence-electron chi connectivity index (χ0n) is 33.9. The van der Waals surface area contributed by atoms with E-state index in [1.165, 1.54) is 30.5 Å². The van der Waals surface area contributed by atoms with Gasteiger partial charge in [-0.3, -0.25) is 18.4 Å². The summed E-state index contributed by atoms with van der Waals surface area (Å²) in [6.45, 7) is 6.11. The van der Waals surface area contributed by atoms with Crippen LogP contribution in [0.15, 0.2) is 35.9 Å². The molecule has 0 unspecified atom stereocenters. The molecule has 2 saturated heterocycles. The Hall–Kier alpha value is -1.50. The van der Waals surface area contributed by atoms with Crippen molar-refractivity contribution in [3.63, 3.8) is 0 Å². The zero-order chi connectivity index (χ0) is 42.5. The van der Waals surface area contributed by atoms with Gasteiger partial charge >= 0.3 is 30.7 Å². The van der Waals surface area contributed by atoms with E-state index in [0.29, 0.717) is 12.3 Å². The molecule has 1 saturated carbocycles. The van der Waals surface area contributed by atoms with Gasteiger partial charge in [0.05, 0.1) is 25.6 Å². The van der Waals surface area contributed by atoms with E-state index < -0.39 is 91.4 Å². The molecule has 0 amide bonds. The molecule has 324 valence electrons. The molecule has 24 heteroatoms. The quantitative estimate of drug-likeness (QED) is 0.0990. The predicted molar refractivity (Wildman–Crippen MR) is 223 cm³/mol. The first-order chi connectivity index (χ1) is 27.1. The number of ether oxygens (including phenoxy) is 2. The smallest absolute Gasteiger partial charge is 0.386 e. The standard InChI is InChI=1S/C34H54FN5O12P2S2Si2/c1-19(2)57(44,20(3)4)52-58(21(5)6,22(7)8)51-30-27-16-46-53(42,55)49-26-13-24(47-28-10-11-36-17-37-28)12-23(26)15-45-54(43,56)50-31(30)34(48-27)40-14-25(35)29-32(40)38-18-39(9)33(29)41/h10-11,14,17-24,26-27,30-31,34,44H,12-13,15-16H2,1-9H3,(H,42,55)(H,43,56)/t23-,24-,26+,27-,30-,31-,34-,53+,54+/m1/s1. The van der Waals surface area contributed by atoms with Crippen molar-refractivity contribution in [2.24, 2.45) is 13.0 Å². The molecule has 9 atom stereocenters. The van der Waals surface area contributed by atoms with Crippen molar-refractivity contribution >= 4 is 66.2 Å². The summed E-state index contributed by atoms with van der Waals surface area (Å²) in [5, 5.41) is -0.315. The molecule has 0 aromatic carbocycles. The van der Waals surface area contributed by atoms with E-state index in [9.17, 15) is 18.7 Å². The Labute approximate surface area is 349 Å². The average Bonchev–Trinajstić information content (AvgIpc) is 3.79. The molecule has 3 fully saturated rings. The van der Waals surface area contributed by atoms with E-state index in [2.05, 4.69) is 39.4 Å². The molecule has 2 bridgehead atoms. The monoisotopic (exact) mass is 925 g/mol. The van der Waals surface area contributed by atoms with Crippen LogP contribution < -0.4 is 10.3 Å². The number of nitrogens with zero attached hydrogens (tertiary/aromatic N) is 5. The van der Waals surface area contributed by atoms with Crippen molar-refractivity contribution in [2.45, 2.75) is 127 Å². The van der Waals surface area contributed by atoms with Crippen LogP contribution >= 0.6 is 38.1 Å². The van der Waals surface area contributed by atoms with Gasteiger partial charge in [-0.25, -0.2) is 28.5 Å². The van der Waals surface area contributed by atoms with Crippen LogP contribution in [0.4, 0.5) is 4.39 Å². The van der Waals surface area contributed by atoms with Gasteiger partial charge in [-0.1, -0.05) is 79.9 Å². The number of aromatic nitrogens is 5. The topological polar surface area (TPSA) is 194 Å². The Kier molecular flexibility index (Phi) is 14.0. The molecule has 1 aliphatic carbocycles. The molecule has 58 heavy (non-hydrogen) atoms. The molecular formula is C34H54FN5O12P2S2Si2. The second-order valence-corrected chi connectivity index (χ2v) is 30.7. The number of hydrogen-bond donors (Lipinski definition) is 3. The molecule has 2 aliphatic heterocycles. The average molecular weight is 926 g/mol. The normalized spacial score (nSPS) is 31.5.